The summed E-state index contributed by atoms with van der Waals surface area (Å²) in [5.74, 6) is -0.107. The molecule has 16 heavy (non-hydrogen) atoms. The Labute approximate surface area is 99.5 Å². The predicted octanol–water partition coefficient (Wildman–Crippen LogP) is 1.06. The lowest BCUT2D eigenvalue weighted by molar-refractivity contribution is -0.109. The van der Waals surface area contributed by atoms with Crippen molar-refractivity contribution in [1.82, 2.24) is 14.8 Å². The summed E-state index contributed by atoms with van der Waals surface area (Å²) in [5.41, 5.74) is 0.502. The van der Waals surface area contributed by atoms with Crippen LogP contribution in [0.4, 0.5) is 0 Å². The van der Waals surface area contributed by atoms with E-state index in [-0.39, 0.29) is 5.91 Å². The van der Waals surface area contributed by atoms with Crippen LogP contribution in [0, 0.1) is 6.92 Å². The molecule has 0 spiro atoms. The average Bonchev–Trinajstić information content (AvgIpc) is 2.70. The number of nitrogens with zero attached hydrogens (tertiary/aromatic N) is 2. The van der Waals surface area contributed by atoms with Crippen molar-refractivity contribution in [2.24, 2.45) is 0 Å². The molecule has 0 radical (unpaired) electrons. The zero-order chi connectivity index (χ0) is 12.0. The lowest BCUT2D eigenvalue weighted by atomic mass is 10.3. The SMILES string of the molecule is CON(C)CCCNC(=O)c1cc(C)sn1. The second-order valence-electron chi connectivity index (χ2n) is 3.47. The number of hydrogen-bond donors (Lipinski definition) is 1. The monoisotopic (exact) mass is 243 g/mol. The number of hydrogen-bond acceptors (Lipinski definition) is 5. The van der Waals surface area contributed by atoms with Gasteiger partial charge in [-0.2, -0.15) is 9.44 Å². The standard InChI is InChI=1S/C10H17N3O2S/c1-8-7-9(12-16-8)10(14)11-5-4-6-13(2)15-3/h7H,4-6H2,1-3H3,(H,11,14). The summed E-state index contributed by atoms with van der Waals surface area (Å²) in [6.45, 7) is 3.35. The van der Waals surface area contributed by atoms with Gasteiger partial charge in [-0.25, -0.2) is 0 Å². The molecule has 1 aromatic heterocycles. The number of amides is 1. The maximum atomic E-state index is 11.6. The molecule has 5 nitrogen and oxygen atoms in total. The van der Waals surface area contributed by atoms with Crippen LogP contribution < -0.4 is 5.32 Å². The Hall–Kier alpha value is -0.980. The van der Waals surface area contributed by atoms with E-state index in [9.17, 15) is 4.79 Å². The van der Waals surface area contributed by atoms with E-state index in [2.05, 4.69) is 9.69 Å². The number of aryl methyl sites for hydroxylation is 1. The third-order valence-electron chi connectivity index (χ3n) is 2.11. The highest BCUT2D eigenvalue weighted by Crippen LogP contribution is 2.07. The maximum Gasteiger partial charge on any atom is 0.270 e. The number of carbonyl (C=O) groups is 1. The van der Waals surface area contributed by atoms with Gasteiger partial charge in [0.2, 0.25) is 0 Å². The molecule has 0 atom stereocenters. The van der Waals surface area contributed by atoms with Crippen LogP contribution in [0.3, 0.4) is 0 Å². The smallest absolute Gasteiger partial charge is 0.270 e. The summed E-state index contributed by atoms with van der Waals surface area (Å²) < 4.78 is 4.04. The van der Waals surface area contributed by atoms with E-state index in [1.165, 1.54) is 11.5 Å². The van der Waals surface area contributed by atoms with Gasteiger partial charge in [0.05, 0.1) is 7.11 Å². The topological polar surface area (TPSA) is 54.5 Å². The molecule has 1 aromatic rings. The first-order chi connectivity index (χ1) is 7.63. The Morgan fingerprint density at radius 3 is 3.00 bits per heavy atom. The highest BCUT2D eigenvalue weighted by molar-refractivity contribution is 7.05. The second kappa shape index (κ2) is 6.57. The Bertz CT molecular complexity index is 341. The quantitative estimate of drug-likeness (QED) is 0.599. The minimum atomic E-state index is -0.107. The van der Waals surface area contributed by atoms with Crippen molar-refractivity contribution >= 4 is 17.4 Å². The first kappa shape index (κ1) is 13.1. The van der Waals surface area contributed by atoms with Gasteiger partial charge in [0.15, 0.2) is 0 Å². The van der Waals surface area contributed by atoms with Crippen LogP contribution in [-0.4, -0.2) is 42.6 Å². The van der Waals surface area contributed by atoms with Crippen molar-refractivity contribution in [2.75, 3.05) is 27.2 Å². The van der Waals surface area contributed by atoms with Crippen LogP contribution in [0.1, 0.15) is 21.8 Å². The maximum absolute atomic E-state index is 11.6. The van der Waals surface area contributed by atoms with Gasteiger partial charge in [-0.05, 0) is 30.9 Å². The van der Waals surface area contributed by atoms with Crippen molar-refractivity contribution in [3.63, 3.8) is 0 Å². The van der Waals surface area contributed by atoms with Crippen LogP contribution in [0.15, 0.2) is 6.07 Å². The summed E-state index contributed by atoms with van der Waals surface area (Å²) in [4.78, 5) is 17.6. The number of nitrogens with one attached hydrogen (secondary N) is 1. The minimum absolute atomic E-state index is 0.107. The van der Waals surface area contributed by atoms with Crippen molar-refractivity contribution in [3.8, 4) is 0 Å². The van der Waals surface area contributed by atoms with E-state index >= 15 is 0 Å². The van der Waals surface area contributed by atoms with Gasteiger partial charge in [0.1, 0.15) is 5.69 Å². The van der Waals surface area contributed by atoms with E-state index in [1.54, 1.807) is 18.2 Å². The fraction of sp³-hybridized carbons (Fsp3) is 0.600. The molecule has 1 N–H and O–H groups in total. The van der Waals surface area contributed by atoms with Gasteiger partial charge in [0, 0.05) is 25.0 Å². The summed E-state index contributed by atoms with van der Waals surface area (Å²) >= 11 is 1.34. The molecule has 1 amide bonds. The molecule has 90 valence electrons. The summed E-state index contributed by atoms with van der Waals surface area (Å²) in [7, 11) is 3.47. The molecule has 0 aromatic carbocycles. The number of hydroxylamine groups is 2. The third-order valence-corrected chi connectivity index (χ3v) is 2.80. The summed E-state index contributed by atoms with van der Waals surface area (Å²) in [5, 5.41) is 4.54. The van der Waals surface area contributed by atoms with Crippen molar-refractivity contribution in [3.05, 3.63) is 16.6 Å². The highest BCUT2D eigenvalue weighted by atomic mass is 32.1. The third kappa shape index (κ3) is 4.26. The van der Waals surface area contributed by atoms with Crippen LogP contribution in [0.5, 0.6) is 0 Å². The number of rotatable bonds is 6. The largest absolute Gasteiger partial charge is 0.351 e. The molecule has 0 bridgehead atoms. The van der Waals surface area contributed by atoms with Gasteiger partial charge in [-0.15, -0.1) is 0 Å². The van der Waals surface area contributed by atoms with E-state index < -0.39 is 0 Å². The molecule has 0 aliphatic carbocycles. The zero-order valence-corrected chi connectivity index (χ0v) is 10.6. The Morgan fingerprint density at radius 2 is 2.44 bits per heavy atom. The van der Waals surface area contributed by atoms with Crippen molar-refractivity contribution in [1.29, 1.82) is 0 Å². The van der Waals surface area contributed by atoms with Crippen LogP contribution in [-0.2, 0) is 4.84 Å². The lowest BCUT2D eigenvalue weighted by Crippen LogP contribution is -2.28. The van der Waals surface area contributed by atoms with E-state index in [0.29, 0.717) is 12.2 Å². The molecule has 1 rings (SSSR count). The molecule has 1 heterocycles. The number of carbonyl (C=O) groups excluding carboxylic acids is 1. The van der Waals surface area contributed by atoms with Gasteiger partial charge >= 0.3 is 0 Å². The van der Waals surface area contributed by atoms with Crippen LogP contribution in [0.2, 0.25) is 0 Å². The van der Waals surface area contributed by atoms with E-state index in [1.807, 2.05) is 14.0 Å². The Morgan fingerprint density at radius 1 is 1.69 bits per heavy atom. The average molecular weight is 243 g/mol. The summed E-state index contributed by atoms with van der Waals surface area (Å²) in [6.07, 6.45) is 0.846. The molecule has 0 saturated carbocycles. The molecule has 6 heteroatoms. The van der Waals surface area contributed by atoms with Crippen LogP contribution >= 0.6 is 11.5 Å². The van der Waals surface area contributed by atoms with Gasteiger partial charge in [-0.3, -0.25) is 4.79 Å². The minimum Gasteiger partial charge on any atom is -0.351 e. The zero-order valence-electron chi connectivity index (χ0n) is 9.82. The number of aromatic nitrogens is 1. The molecule has 0 saturated heterocycles. The Balaban J connectivity index is 2.21. The predicted molar refractivity (Wildman–Crippen MR) is 63.4 cm³/mol. The van der Waals surface area contributed by atoms with Gasteiger partial charge in [0.25, 0.3) is 5.91 Å². The lowest BCUT2D eigenvalue weighted by Gasteiger charge is -2.12. The van der Waals surface area contributed by atoms with E-state index in [4.69, 9.17) is 4.84 Å². The second-order valence-corrected chi connectivity index (χ2v) is 4.48. The molecule has 0 aliphatic heterocycles. The first-order valence-electron chi connectivity index (χ1n) is 5.10. The van der Waals surface area contributed by atoms with E-state index in [0.717, 1.165) is 17.8 Å². The molecule has 0 unspecified atom stereocenters. The van der Waals surface area contributed by atoms with Crippen molar-refractivity contribution < 1.29 is 9.63 Å². The van der Waals surface area contributed by atoms with Crippen LogP contribution in [0.25, 0.3) is 0 Å². The molecular weight excluding hydrogens is 226 g/mol. The Kier molecular flexibility index (Phi) is 5.37. The fourth-order valence-electron chi connectivity index (χ4n) is 1.16. The molecule has 0 fully saturated rings. The van der Waals surface area contributed by atoms with Gasteiger partial charge < -0.3 is 10.2 Å². The normalized spacial score (nSPS) is 10.8. The highest BCUT2D eigenvalue weighted by Gasteiger charge is 2.08. The first-order valence-corrected chi connectivity index (χ1v) is 5.87. The van der Waals surface area contributed by atoms with Gasteiger partial charge in [-0.1, -0.05) is 0 Å². The fourth-order valence-corrected chi connectivity index (χ4v) is 1.70. The molecule has 0 aliphatic rings. The van der Waals surface area contributed by atoms with Crippen molar-refractivity contribution in [2.45, 2.75) is 13.3 Å². The summed E-state index contributed by atoms with van der Waals surface area (Å²) in [6, 6.07) is 1.79. The molecular formula is C10H17N3O2S.